The first-order valence-electron chi connectivity index (χ1n) is 10.1. The molecular weight excluding hydrogens is 338 g/mol. The van der Waals surface area contributed by atoms with Gasteiger partial charge in [0.05, 0.1) is 5.52 Å². The molecule has 0 amide bonds. The largest absolute Gasteiger partial charge is 0.454 e. The van der Waals surface area contributed by atoms with E-state index in [1.165, 1.54) is 19.3 Å². The minimum absolute atomic E-state index is 0.0679. The summed E-state index contributed by atoms with van der Waals surface area (Å²) in [6, 6.07) is 5.93. The van der Waals surface area contributed by atoms with Crippen LogP contribution in [0.15, 0.2) is 30.5 Å². The van der Waals surface area contributed by atoms with Gasteiger partial charge in [-0.2, -0.15) is 0 Å². The summed E-state index contributed by atoms with van der Waals surface area (Å²) < 4.78 is 10.9. The molecule has 138 valence electrons. The van der Waals surface area contributed by atoms with Crippen LogP contribution < -0.4 is 9.47 Å². The summed E-state index contributed by atoms with van der Waals surface area (Å²) in [5.41, 5.74) is 1.77. The molecule has 1 aromatic heterocycles. The number of allylic oxidation sites excluding steroid dienone is 1. The van der Waals surface area contributed by atoms with Crippen LogP contribution in [0.2, 0.25) is 0 Å². The van der Waals surface area contributed by atoms with E-state index in [1.54, 1.807) is 0 Å². The zero-order chi connectivity index (χ0) is 18.0. The molecule has 0 atom stereocenters. The number of hydrogen-bond acceptors (Lipinski definition) is 4. The van der Waals surface area contributed by atoms with Crippen LogP contribution in [0.4, 0.5) is 0 Å². The van der Waals surface area contributed by atoms with E-state index in [9.17, 15) is 4.79 Å². The number of pyridine rings is 1. The third kappa shape index (κ3) is 2.49. The Morgan fingerprint density at radius 2 is 1.67 bits per heavy atom. The molecule has 0 unspecified atom stereocenters. The van der Waals surface area contributed by atoms with Crippen LogP contribution in [-0.2, 0) is 4.79 Å². The molecule has 1 aliphatic heterocycles. The van der Waals surface area contributed by atoms with Gasteiger partial charge in [0.15, 0.2) is 17.3 Å². The fraction of sp³-hybridized carbons (Fsp3) is 0.478. The highest BCUT2D eigenvalue weighted by Gasteiger charge is 2.53. The second-order valence-corrected chi connectivity index (χ2v) is 9.06. The van der Waals surface area contributed by atoms with E-state index >= 15 is 0 Å². The van der Waals surface area contributed by atoms with Gasteiger partial charge in [0.25, 0.3) is 0 Å². The lowest BCUT2D eigenvalue weighted by Crippen LogP contribution is -2.49. The van der Waals surface area contributed by atoms with Crippen LogP contribution in [0.3, 0.4) is 0 Å². The number of fused-ring (bicyclic) bond motifs is 2. The van der Waals surface area contributed by atoms with E-state index in [1.807, 2.05) is 30.5 Å². The van der Waals surface area contributed by atoms with Crippen molar-refractivity contribution in [3.63, 3.8) is 0 Å². The minimum atomic E-state index is -0.0679. The van der Waals surface area contributed by atoms with E-state index < -0.39 is 0 Å². The predicted octanol–water partition coefficient (Wildman–Crippen LogP) is 4.76. The van der Waals surface area contributed by atoms with Crippen molar-refractivity contribution in [2.24, 2.45) is 23.2 Å². The van der Waals surface area contributed by atoms with Crippen molar-refractivity contribution in [3.8, 4) is 11.5 Å². The Bertz CT molecular complexity index is 942. The number of benzene rings is 1. The maximum absolute atomic E-state index is 13.1. The first-order valence-corrected chi connectivity index (χ1v) is 10.1. The van der Waals surface area contributed by atoms with Gasteiger partial charge in [-0.15, -0.1) is 0 Å². The molecule has 0 spiro atoms. The average Bonchev–Trinajstić information content (AvgIpc) is 3.10. The molecule has 2 aromatic rings. The quantitative estimate of drug-likeness (QED) is 0.740. The van der Waals surface area contributed by atoms with Gasteiger partial charge in [-0.05, 0) is 86.1 Å². The standard InChI is InChI=1S/C23H23NO3/c25-22(23-9-15-3-16(10-23)5-17(4-15)11-23)2-1-14-6-18-7-20-21(27-13-26-20)8-19(18)24-12-14/h1-2,6-8,12,15-17H,3-5,9-11,13H2. The molecule has 2 heterocycles. The molecule has 4 aliphatic carbocycles. The molecule has 1 aromatic carbocycles. The van der Waals surface area contributed by atoms with Crippen LogP contribution in [0, 0.1) is 23.2 Å². The number of carbonyl (C=O) groups excluding carboxylic acids is 1. The monoisotopic (exact) mass is 361 g/mol. The van der Waals surface area contributed by atoms with Crippen LogP contribution in [0.1, 0.15) is 44.1 Å². The molecule has 4 heteroatoms. The van der Waals surface area contributed by atoms with Crippen molar-refractivity contribution in [3.05, 3.63) is 36.0 Å². The lowest BCUT2D eigenvalue weighted by atomic mass is 9.48. The number of carbonyl (C=O) groups is 1. The molecule has 27 heavy (non-hydrogen) atoms. The molecule has 4 bridgehead atoms. The van der Waals surface area contributed by atoms with E-state index in [2.05, 4.69) is 11.1 Å². The SMILES string of the molecule is O=C(C=Cc1cnc2cc3c(cc2c1)OCO3)C12CC3CC(CC(C3)C1)C2. The summed E-state index contributed by atoms with van der Waals surface area (Å²) in [5, 5.41) is 1.00. The summed E-state index contributed by atoms with van der Waals surface area (Å²) in [6.45, 7) is 0.262. The summed E-state index contributed by atoms with van der Waals surface area (Å²) in [5.74, 6) is 4.22. The van der Waals surface area contributed by atoms with Crippen LogP contribution >= 0.6 is 0 Å². The van der Waals surface area contributed by atoms with Gasteiger partial charge in [-0.1, -0.05) is 0 Å². The number of ketones is 1. The van der Waals surface area contributed by atoms with Gasteiger partial charge < -0.3 is 9.47 Å². The van der Waals surface area contributed by atoms with Gasteiger partial charge in [-0.25, -0.2) is 0 Å². The van der Waals surface area contributed by atoms with Crippen molar-refractivity contribution in [2.75, 3.05) is 6.79 Å². The average molecular weight is 361 g/mol. The topological polar surface area (TPSA) is 48.4 Å². The molecule has 4 saturated carbocycles. The first-order chi connectivity index (χ1) is 13.2. The lowest BCUT2D eigenvalue weighted by Gasteiger charge is -2.55. The molecule has 0 saturated heterocycles. The van der Waals surface area contributed by atoms with Crippen LogP contribution in [0.5, 0.6) is 11.5 Å². The number of aromatic nitrogens is 1. The smallest absolute Gasteiger partial charge is 0.231 e. The molecule has 4 fully saturated rings. The Hall–Kier alpha value is -2.36. The fourth-order valence-electron chi connectivity index (χ4n) is 6.39. The summed E-state index contributed by atoms with van der Waals surface area (Å²) in [4.78, 5) is 17.7. The van der Waals surface area contributed by atoms with Crippen molar-refractivity contribution in [1.82, 2.24) is 4.98 Å². The Morgan fingerprint density at radius 3 is 2.37 bits per heavy atom. The molecular formula is C23H23NO3. The van der Waals surface area contributed by atoms with Gasteiger partial charge in [0.1, 0.15) is 0 Å². The predicted molar refractivity (Wildman–Crippen MR) is 103 cm³/mol. The van der Waals surface area contributed by atoms with E-state index in [4.69, 9.17) is 9.47 Å². The highest BCUT2D eigenvalue weighted by atomic mass is 16.7. The molecule has 7 rings (SSSR count). The zero-order valence-corrected chi connectivity index (χ0v) is 15.3. The summed E-state index contributed by atoms with van der Waals surface area (Å²) in [7, 11) is 0. The zero-order valence-electron chi connectivity index (χ0n) is 15.3. The summed E-state index contributed by atoms with van der Waals surface area (Å²) >= 11 is 0. The van der Waals surface area contributed by atoms with E-state index in [0.717, 1.165) is 65.0 Å². The van der Waals surface area contributed by atoms with Crippen molar-refractivity contribution in [2.45, 2.75) is 38.5 Å². The Kier molecular flexibility index (Phi) is 3.23. The molecule has 4 nitrogen and oxygen atoms in total. The third-order valence-corrected chi connectivity index (χ3v) is 7.18. The van der Waals surface area contributed by atoms with Crippen molar-refractivity contribution in [1.29, 1.82) is 0 Å². The Labute approximate surface area is 158 Å². The molecule has 0 radical (unpaired) electrons. The number of hydrogen-bond donors (Lipinski definition) is 0. The van der Waals surface area contributed by atoms with Crippen molar-refractivity contribution < 1.29 is 14.3 Å². The molecule has 5 aliphatic rings. The van der Waals surface area contributed by atoms with E-state index in [0.29, 0.717) is 5.78 Å². The molecule has 0 N–H and O–H groups in total. The lowest BCUT2D eigenvalue weighted by molar-refractivity contribution is -0.138. The van der Waals surface area contributed by atoms with E-state index in [-0.39, 0.29) is 12.2 Å². The second-order valence-electron chi connectivity index (χ2n) is 9.06. The maximum atomic E-state index is 13.1. The Morgan fingerprint density at radius 1 is 1.00 bits per heavy atom. The normalized spacial score (nSPS) is 33.3. The van der Waals surface area contributed by atoms with Gasteiger partial charge in [0.2, 0.25) is 6.79 Å². The van der Waals surface area contributed by atoms with Gasteiger partial charge >= 0.3 is 0 Å². The first kappa shape index (κ1) is 15.7. The second kappa shape index (κ2) is 5.57. The minimum Gasteiger partial charge on any atom is -0.454 e. The number of nitrogens with zero attached hydrogens (tertiary/aromatic N) is 1. The maximum Gasteiger partial charge on any atom is 0.231 e. The fourth-order valence-corrected chi connectivity index (χ4v) is 6.39. The number of rotatable bonds is 3. The Balaban J connectivity index is 1.27. The van der Waals surface area contributed by atoms with Crippen LogP contribution in [0.25, 0.3) is 17.0 Å². The number of ether oxygens (including phenoxy) is 2. The highest BCUT2D eigenvalue weighted by molar-refractivity contribution is 5.98. The van der Waals surface area contributed by atoms with Gasteiger partial charge in [0, 0.05) is 23.1 Å². The summed E-state index contributed by atoms with van der Waals surface area (Å²) in [6.07, 6.45) is 13.0. The third-order valence-electron chi connectivity index (χ3n) is 7.18. The van der Waals surface area contributed by atoms with Gasteiger partial charge in [-0.3, -0.25) is 9.78 Å². The van der Waals surface area contributed by atoms with Crippen LogP contribution in [-0.4, -0.2) is 17.6 Å². The van der Waals surface area contributed by atoms with Crippen molar-refractivity contribution >= 4 is 22.8 Å². The highest BCUT2D eigenvalue weighted by Crippen LogP contribution is 2.60.